The number of aliphatic carboxylic acids is 1. The first kappa shape index (κ1) is 26.2. The summed E-state index contributed by atoms with van der Waals surface area (Å²) in [6.45, 7) is 0.0767. The summed E-state index contributed by atoms with van der Waals surface area (Å²) in [6.07, 6.45) is -0.306. The van der Waals surface area contributed by atoms with Crippen LogP contribution in [-0.4, -0.2) is 75.4 Å². The number of carboxylic acid groups (broad SMARTS) is 1. The normalized spacial score (nSPS) is 13.4. The lowest BCUT2D eigenvalue weighted by Crippen LogP contribution is -2.49. The molecule has 188 valence electrons. The Morgan fingerprint density at radius 2 is 1.63 bits per heavy atom. The number of carboxylic acids is 1. The molecule has 10 nitrogen and oxygen atoms in total. The molecule has 11 heteroatoms. The third-order valence-corrected chi connectivity index (χ3v) is 6.50. The molecule has 0 aliphatic heterocycles. The molecule has 0 bridgehead atoms. The van der Waals surface area contributed by atoms with Gasteiger partial charge in [0.1, 0.15) is 12.6 Å². The van der Waals surface area contributed by atoms with Crippen LogP contribution in [0.1, 0.15) is 29.9 Å². The van der Waals surface area contributed by atoms with Gasteiger partial charge >= 0.3 is 12.1 Å². The van der Waals surface area contributed by atoms with Gasteiger partial charge in [0, 0.05) is 32.5 Å². The highest BCUT2D eigenvalue weighted by Gasteiger charge is 2.30. The number of alkyl carbamates (subject to hydrolysis) is 1. The summed E-state index contributed by atoms with van der Waals surface area (Å²) >= 11 is 0. The molecular formula is C24H29N3O7S. The Labute approximate surface area is 204 Å². The second-order valence-corrected chi connectivity index (χ2v) is 10.2. The molecule has 2 aromatic rings. The molecule has 2 aromatic carbocycles. The van der Waals surface area contributed by atoms with Crippen molar-refractivity contribution in [2.24, 2.45) is 0 Å². The molecule has 1 atom stereocenters. The van der Waals surface area contributed by atoms with Gasteiger partial charge in [-0.1, -0.05) is 48.5 Å². The number of hydrogen-bond acceptors (Lipinski definition) is 6. The molecule has 1 aliphatic rings. The molecule has 0 saturated carbocycles. The Bertz CT molecular complexity index is 1150. The van der Waals surface area contributed by atoms with E-state index >= 15 is 0 Å². The fourth-order valence-electron chi connectivity index (χ4n) is 4.08. The van der Waals surface area contributed by atoms with E-state index in [0.29, 0.717) is 0 Å². The second kappa shape index (κ2) is 11.3. The van der Waals surface area contributed by atoms with E-state index in [-0.39, 0.29) is 38.5 Å². The lowest BCUT2D eigenvalue weighted by atomic mass is 9.98. The number of carbonyl (C=O) groups excluding carboxylic acids is 2. The van der Waals surface area contributed by atoms with Crippen LogP contribution in [0, 0.1) is 0 Å². The summed E-state index contributed by atoms with van der Waals surface area (Å²) < 4.78 is 30.2. The molecule has 1 unspecified atom stereocenters. The van der Waals surface area contributed by atoms with Gasteiger partial charge in [0.2, 0.25) is 15.9 Å². The van der Waals surface area contributed by atoms with Crippen LogP contribution < -0.4 is 10.0 Å². The molecule has 0 saturated heterocycles. The van der Waals surface area contributed by atoms with Gasteiger partial charge in [0.05, 0.1) is 6.26 Å². The Morgan fingerprint density at radius 3 is 2.17 bits per heavy atom. The van der Waals surface area contributed by atoms with Crippen molar-refractivity contribution in [1.29, 1.82) is 0 Å². The van der Waals surface area contributed by atoms with Crippen molar-refractivity contribution in [3.8, 4) is 11.1 Å². The third-order valence-electron chi connectivity index (χ3n) is 5.77. The second-order valence-electron chi connectivity index (χ2n) is 8.38. The first-order chi connectivity index (χ1) is 16.6. The molecule has 1 aliphatic carbocycles. The fraction of sp³-hybridized carbons (Fsp3) is 0.375. The van der Waals surface area contributed by atoms with E-state index < -0.39 is 34.0 Å². The highest BCUT2D eigenvalue weighted by atomic mass is 32.2. The summed E-state index contributed by atoms with van der Waals surface area (Å²) in [5.74, 6) is -1.82. The number of fused-ring (bicyclic) bond motifs is 3. The molecule has 3 rings (SSSR count). The standard InChI is InChI=1S/C24H29N3O7S/c1-27(14-13-25-35(2,32)33)23(30)21(11-12-22(28)29)26-24(31)34-15-20-18-9-5-3-7-16(18)17-8-4-6-10-19(17)20/h3-10,20-21,25H,11-15H2,1-2H3,(H,26,31)(H,28,29). The fourth-order valence-corrected chi connectivity index (χ4v) is 4.54. The molecule has 0 fully saturated rings. The number of sulfonamides is 1. The van der Waals surface area contributed by atoms with Crippen molar-refractivity contribution in [2.75, 3.05) is 33.0 Å². The van der Waals surface area contributed by atoms with Gasteiger partial charge in [-0.25, -0.2) is 17.9 Å². The predicted molar refractivity (Wildman–Crippen MR) is 129 cm³/mol. The van der Waals surface area contributed by atoms with Crippen LogP contribution in [0.3, 0.4) is 0 Å². The highest BCUT2D eigenvalue weighted by Crippen LogP contribution is 2.44. The zero-order chi connectivity index (χ0) is 25.6. The minimum Gasteiger partial charge on any atom is -0.481 e. The molecule has 3 N–H and O–H groups in total. The number of likely N-dealkylation sites (N-methyl/N-ethyl adjacent to an activating group) is 1. The Kier molecular flexibility index (Phi) is 8.47. The zero-order valence-electron chi connectivity index (χ0n) is 19.6. The topological polar surface area (TPSA) is 142 Å². The van der Waals surface area contributed by atoms with E-state index in [1.165, 1.54) is 11.9 Å². The van der Waals surface area contributed by atoms with Crippen LogP contribution in [0.2, 0.25) is 0 Å². The average molecular weight is 504 g/mol. The van der Waals surface area contributed by atoms with Crippen molar-refractivity contribution in [3.05, 3.63) is 59.7 Å². The highest BCUT2D eigenvalue weighted by molar-refractivity contribution is 7.88. The van der Waals surface area contributed by atoms with E-state index in [1.807, 2.05) is 48.5 Å². The molecule has 0 aromatic heterocycles. The van der Waals surface area contributed by atoms with Crippen LogP contribution >= 0.6 is 0 Å². The minimum absolute atomic E-state index is 0.0162. The SMILES string of the molecule is CN(CCNS(C)(=O)=O)C(=O)C(CCC(=O)O)NC(=O)OCC1c2ccccc2-c2ccccc21. The van der Waals surface area contributed by atoms with Gasteiger partial charge in [0.15, 0.2) is 0 Å². The summed E-state index contributed by atoms with van der Waals surface area (Å²) in [6, 6.07) is 14.6. The number of nitrogens with zero attached hydrogens (tertiary/aromatic N) is 1. The molecular weight excluding hydrogens is 474 g/mol. The van der Waals surface area contributed by atoms with Crippen LogP contribution in [0.25, 0.3) is 11.1 Å². The number of carbonyl (C=O) groups is 3. The molecule has 0 heterocycles. The number of benzene rings is 2. The summed E-state index contributed by atoms with van der Waals surface area (Å²) in [4.78, 5) is 37.7. The maximum Gasteiger partial charge on any atom is 0.407 e. The van der Waals surface area contributed by atoms with E-state index in [1.54, 1.807) is 0 Å². The van der Waals surface area contributed by atoms with E-state index in [4.69, 9.17) is 9.84 Å². The smallest absolute Gasteiger partial charge is 0.407 e. The monoisotopic (exact) mass is 503 g/mol. The van der Waals surface area contributed by atoms with Gasteiger partial charge in [0.25, 0.3) is 0 Å². The van der Waals surface area contributed by atoms with Crippen LogP contribution in [0.4, 0.5) is 4.79 Å². The van der Waals surface area contributed by atoms with Crippen molar-refractivity contribution in [3.63, 3.8) is 0 Å². The molecule has 0 radical (unpaired) electrons. The Hall–Kier alpha value is -3.44. The first-order valence-corrected chi connectivity index (χ1v) is 13.0. The maximum absolute atomic E-state index is 12.8. The summed E-state index contributed by atoms with van der Waals surface area (Å²) in [5, 5.41) is 11.5. The molecule has 35 heavy (non-hydrogen) atoms. The Balaban J connectivity index is 1.63. The van der Waals surface area contributed by atoms with Crippen LogP contribution in [0.15, 0.2) is 48.5 Å². The molecule has 2 amide bonds. The van der Waals surface area contributed by atoms with Gasteiger partial charge in [-0.15, -0.1) is 0 Å². The lowest BCUT2D eigenvalue weighted by Gasteiger charge is -2.24. The van der Waals surface area contributed by atoms with Gasteiger partial charge in [-0.2, -0.15) is 0 Å². The van der Waals surface area contributed by atoms with Crippen molar-refractivity contribution in [2.45, 2.75) is 24.8 Å². The maximum atomic E-state index is 12.8. The van der Waals surface area contributed by atoms with Crippen molar-refractivity contribution >= 4 is 28.0 Å². The summed E-state index contributed by atoms with van der Waals surface area (Å²) in [5.41, 5.74) is 4.24. The van der Waals surface area contributed by atoms with Gasteiger partial charge < -0.3 is 20.1 Å². The number of rotatable bonds is 11. The van der Waals surface area contributed by atoms with Crippen LogP contribution in [0.5, 0.6) is 0 Å². The van der Waals surface area contributed by atoms with E-state index in [9.17, 15) is 22.8 Å². The number of hydrogen-bond donors (Lipinski definition) is 3. The van der Waals surface area contributed by atoms with E-state index in [0.717, 1.165) is 28.5 Å². The first-order valence-electron chi connectivity index (χ1n) is 11.1. The van der Waals surface area contributed by atoms with Crippen molar-refractivity contribution in [1.82, 2.24) is 14.9 Å². The van der Waals surface area contributed by atoms with Gasteiger partial charge in [-0.05, 0) is 28.7 Å². The minimum atomic E-state index is -3.42. The summed E-state index contributed by atoms with van der Waals surface area (Å²) in [7, 11) is -1.98. The van der Waals surface area contributed by atoms with Gasteiger partial charge in [-0.3, -0.25) is 9.59 Å². The zero-order valence-corrected chi connectivity index (χ0v) is 20.4. The van der Waals surface area contributed by atoms with Crippen molar-refractivity contribution < 1.29 is 32.6 Å². The van der Waals surface area contributed by atoms with E-state index in [2.05, 4.69) is 10.0 Å². The lowest BCUT2D eigenvalue weighted by molar-refractivity contribution is -0.137. The third kappa shape index (κ3) is 7.03. The average Bonchev–Trinajstić information content (AvgIpc) is 3.12. The van der Waals surface area contributed by atoms with Crippen LogP contribution in [-0.2, 0) is 24.3 Å². The number of amides is 2. The predicted octanol–water partition coefficient (Wildman–Crippen LogP) is 1.77. The quantitative estimate of drug-likeness (QED) is 0.424. The number of ether oxygens (including phenoxy) is 1. The molecule has 0 spiro atoms. The largest absolute Gasteiger partial charge is 0.481 e. The Morgan fingerprint density at radius 1 is 1.06 bits per heavy atom. The number of nitrogens with one attached hydrogen (secondary N) is 2.